The van der Waals surface area contributed by atoms with Crippen LogP contribution in [0.3, 0.4) is 0 Å². The number of ether oxygens (including phenoxy) is 2. The predicted octanol–water partition coefficient (Wildman–Crippen LogP) is 7.68. The molecule has 6 rings (SSSR count). The molecule has 7 nitrogen and oxygen atoms in total. The van der Waals surface area contributed by atoms with Gasteiger partial charge in [0, 0.05) is 59.5 Å². The fraction of sp³-hybridized carbons (Fsp3) is 0.452. The third-order valence-electron chi connectivity index (χ3n) is 8.33. The van der Waals surface area contributed by atoms with E-state index < -0.39 is 6.79 Å². The molecule has 0 saturated heterocycles. The maximum Gasteiger partial charge on any atom is 0.227 e. The lowest BCUT2D eigenvalue weighted by Crippen LogP contribution is -2.30. The van der Waals surface area contributed by atoms with Crippen LogP contribution in [0.4, 0.5) is 11.4 Å². The maximum absolute atomic E-state index is 13.5. The zero-order chi connectivity index (χ0) is 29.5. The lowest BCUT2D eigenvalue weighted by Gasteiger charge is -2.21. The first-order valence-corrected chi connectivity index (χ1v) is 16.9. The van der Waals surface area contributed by atoms with Crippen LogP contribution in [0.25, 0.3) is 20.2 Å². The number of nitrogens with zero attached hydrogens (tertiary/aromatic N) is 2. The summed E-state index contributed by atoms with van der Waals surface area (Å²) in [5.74, 6) is 2.70. The van der Waals surface area contributed by atoms with Crippen molar-refractivity contribution in [2.45, 2.75) is 44.9 Å². The molecule has 0 radical (unpaired) electrons. The van der Waals surface area contributed by atoms with Crippen LogP contribution in [-0.2, 0) is 9.63 Å². The zero-order valence-electron chi connectivity index (χ0n) is 23.9. The molecule has 2 aromatic heterocycles. The number of thiophene rings is 2. The fourth-order valence-corrected chi connectivity index (χ4v) is 8.99. The Kier molecular flexibility index (Phi) is 8.78. The van der Waals surface area contributed by atoms with Crippen molar-refractivity contribution in [1.82, 2.24) is 0 Å². The summed E-state index contributed by atoms with van der Waals surface area (Å²) >= 11 is 16.1. The van der Waals surface area contributed by atoms with E-state index in [1.54, 1.807) is 29.8 Å². The van der Waals surface area contributed by atoms with Gasteiger partial charge in [-0.1, -0.05) is 0 Å². The van der Waals surface area contributed by atoms with E-state index in [1.807, 2.05) is 22.1 Å². The number of hydrogen-bond donors (Lipinski definition) is 1. The van der Waals surface area contributed by atoms with Gasteiger partial charge in [0.05, 0.1) is 41.0 Å². The Balaban J connectivity index is 1.12. The number of methoxy groups -OCH3 is 1. The molecule has 0 bridgehead atoms. The molecule has 1 N–H and O–H groups in total. The summed E-state index contributed by atoms with van der Waals surface area (Å²) < 4.78 is 13.4. The lowest BCUT2D eigenvalue weighted by atomic mass is 9.97. The molecule has 4 heterocycles. The van der Waals surface area contributed by atoms with Crippen LogP contribution in [0, 0.1) is 13.8 Å². The second-order valence-corrected chi connectivity index (χ2v) is 13.3. The number of hydrogen-bond acceptors (Lipinski definition) is 8. The molecule has 224 valence electrons. The van der Waals surface area contributed by atoms with Crippen molar-refractivity contribution in [3.63, 3.8) is 0 Å². The van der Waals surface area contributed by atoms with Crippen LogP contribution in [0.15, 0.2) is 22.9 Å². The minimum Gasteiger partial charge on any atom is -0.495 e. The van der Waals surface area contributed by atoms with E-state index in [0.717, 1.165) is 49.5 Å². The molecular weight excluding hydrogens is 615 g/mol. The van der Waals surface area contributed by atoms with Gasteiger partial charge in [-0.15, -0.1) is 45.9 Å². The highest BCUT2D eigenvalue weighted by atomic mass is 35.5. The van der Waals surface area contributed by atoms with Crippen molar-refractivity contribution in [2.75, 3.05) is 55.3 Å². The smallest absolute Gasteiger partial charge is 0.227 e. The van der Waals surface area contributed by atoms with Gasteiger partial charge in [0.2, 0.25) is 5.91 Å². The Morgan fingerprint density at radius 3 is 2.21 bits per heavy atom. The number of amides is 1. The van der Waals surface area contributed by atoms with Crippen molar-refractivity contribution < 1.29 is 24.2 Å². The van der Waals surface area contributed by atoms with Crippen molar-refractivity contribution >= 4 is 83.3 Å². The molecular formula is C31H34Cl2N2O5S2. The monoisotopic (exact) mass is 648 g/mol. The van der Waals surface area contributed by atoms with Crippen LogP contribution < -0.4 is 19.4 Å². The normalized spacial score (nSPS) is 17.9. The predicted molar refractivity (Wildman–Crippen MR) is 174 cm³/mol. The van der Waals surface area contributed by atoms with Gasteiger partial charge in [-0.2, -0.15) is 0 Å². The summed E-state index contributed by atoms with van der Waals surface area (Å²) in [5, 5.41) is 17.9. The second kappa shape index (κ2) is 12.4. The number of hydroxylamine groups is 1. The number of carbonyl (C=O) groups excluding carboxylic acids is 1. The van der Waals surface area contributed by atoms with Gasteiger partial charge < -0.3 is 19.5 Å². The number of fused-ring (bicyclic) bond motifs is 6. The van der Waals surface area contributed by atoms with Gasteiger partial charge in [-0.3, -0.25) is 14.7 Å². The molecule has 2 atom stereocenters. The molecule has 2 aliphatic rings. The van der Waals surface area contributed by atoms with E-state index >= 15 is 0 Å². The number of alkyl halides is 2. The zero-order valence-corrected chi connectivity index (χ0v) is 27.0. The Bertz CT molecular complexity index is 1640. The average molecular weight is 650 g/mol. The minimum atomic E-state index is -0.393. The summed E-state index contributed by atoms with van der Waals surface area (Å²) in [6.07, 6.45) is 1.85. The maximum atomic E-state index is 13.5. The first-order valence-electron chi connectivity index (χ1n) is 14.1. The third kappa shape index (κ3) is 5.02. The topological polar surface area (TPSA) is 71.5 Å². The van der Waals surface area contributed by atoms with Crippen molar-refractivity contribution in [2.24, 2.45) is 0 Å². The Hall–Kier alpha value is -2.27. The number of aliphatic hydroxyl groups excluding tert-OH is 1. The van der Waals surface area contributed by atoms with E-state index in [9.17, 15) is 9.90 Å². The number of rotatable bonds is 11. The molecule has 0 aliphatic carbocycles. The minimum absolute atomic E-state index is 0.0907. The standard InChI is InChI=1S/C31H34Cl2N2O5S2/c1-17-14-41-30-23(38-3)8-21-28(26(17)30)19(10-32)12-34(21)25(37)6-4-5-7-40-35-13-20(11-33)29-22(35)9-24(39-16-36)31-27(29)18(2)15-42-31/h8-9,14-15,19-20,36H,4-7,10-13,16H2,1-3H3/t19-,20?/m1/s1. The number of halogens is 2. The summed E-state index contributed by atoms with van der Waals surface area (Å²) in [6.45, 7) is 5.51. The molecule has 1 unspecified atom stereocenters. The Morgan fingerprint density at radius 1 is 0.952 bits per heavy atom. The van der Waals surface area contributed by atoms with Gasteiger partial charge in [0.25, 0.3) is 0 Å². The molecule has 11 heteroatoms. The quantitative estimate of drug-likeness (QED) is 0.102. The van der Waals surface area contributed by atoms with Crippen LogP contribution in [-0.4, -0.2) is 56.4 Å². The highest BCUT2D eigenvalue weighted by molar-refractivity contribution is 7.18. The van der Waals surface area contributed by atoms with Gasteiger partial charge >= 0.3 is 0 Å². The Morgan fingerprint density at radius 2 is 1.57 bits per heavy atom. The molecule has 2 aliphatic heterocycles. The van der Waals surface area contributed by atoms with Crippen LogP contribution in [0.2, 0.25) is 0 Å². The molecule has 4 aromatic rings. The van der Waals surface area contributed by atoms with E-state index in [4.69, 9.17) is 37.5 Å². The van der Waals surface area contributed by atoms with Crippen molar-refractivity contribution in [1.29, 1.82) is 0 Å². The van der Waals surface area contributed by atoms with E-state index in [1.165, 1.54) is 16.5 Å². The Labute approximate surface area is 263 Å². The number of benzene rings is 2. The first-order chi connectivity index (χ1) is 20.4. The molecule has 0 spiro atoms. The highest BCUT2D eigenvalue weighted by Crippen LogP contribution is 2.50. The van der Waals surface area contributed by atoms with E-state index in [0.29, 0.717) is 50.0 Å². The van der Waals surface area contributed by atoms with Gasteiger partial charge in [0.1, 0.15) is 11.5 Å². The van der Waals surface area contributed by atoms with E-state index in [2.05, 4.69) is 24.6 Å². The van der Waals surface area contributed by atoms with Crippen LogP contribution in [0.1, 0.15) is 53.4 Å². The lowest BCUT2D eigenvalue weighted by molar-refractivity contribution is -0.118. The summed E-state index contributed by atoms with van der Waals surface area (Å²) in [4.78, 5) is 21.6. The molecule has 0 saturated carbocycles. The van der Waals surface area contributed by atoms with Crippen molar-refractivity contribution in [3.8, 4) is 11.5 Å². The number of unbranched alkanes of at least 4 members (excludes halogenated alkanes) is 1. The number of aryl methyl sites for hydroxylation is 2. The number of anilines is 2. The molecule has 2 aromatic carbocycles. The molecule has 0 fully saturated rings. The first kappa shape index (κ1) is 29.8. The fourth-order valence-electron chi connectivity index (χ4n) is 6.39. The van der Waals surface area contributed by atoms with E-state index in [-0.39, 0.29) is 17.7 Å². The van der Waals surface area contributed by atoms with Gasteiger partial charge in [0.15, 0.2) is 6.79 Å². The van der Waals surface area contributed by atoms with Gasteiger partial charge in [-0.25, -0.2) is 0 Å². The largest absolute Gasteiger partial charge is 0.495 e. The van der Waals surface area contributed by atoms with Crippen molar-refractivity contribution in [3.05, 3.63) is 45.1 Å². The van der Waals surface area contributed by atoms with Gasteiger partial charge in [-0.05, 0) is 59.7 Å². The van der Waals surface area contributed by atoms with Crippen LogP contribution in [0.5, 0.6) is 11.5 Å². The molecule has 1 amide bonds. The highest BCUT2D eigenvalue weighted by Gasteiger charge is 2.36. The average Bonchev–Trinajstić information content (AvgIpc) is 3.75. The summed E-state index contributed by atoms with van der Waals surface area (Å²) in [5.41, 5.74) is 6.54. The second-order valence-electron chi connectivity index (χ2n) is 10.9. The third-order valence-corrected chi connectivity index (χ3v) is 11.3. The SMILES string of the molecule is COc1cc2c(c3c(C)csc13)[C@H](CCl)CN2C(=O)CCCCON1CC(CCl)c2c1cc(OCO)c1scc(C)c21. The number of aliphatic hydroxyl groups is 1. The van der Waals surface area contributed by atoms with Crippen LogP contribution >= 0.6 is 45.9 Å². The molecule has 42 heavy (non-hydrogen) atoms. The summed E-state index contributed by atoms with van der Waals surface area (Å²) in [6, 6.07) is 3.94. The summed E-state index contributed by atoms with van der Waals surface area (Å²) in [7, 11) is 1.68. The number of carbonyl (C=O) groups is 1.